The monoisotopic (exact) mass is 376 g/mol. The van der Waals surface area contributed by atoms with Gasteiger partial charge in [-0.25, -0.2) is 9.97 Å². The van der Waals surface area contributed by atoms with Crippen LogP contribution < -0.4 is 9.80 Å². The predicted molar refractivity (Wildman–Crippen MR) is 114 cm³/mol. The van der Waals surface area contributed by atoms with Gasteiger partial charge in [-0.1, -0.05) is 18.2 Å². The van der Waals surface area contributed by atoms with E-state index in [0.717, 1.165) is 48.2 Å². The van der Waals surface area contributed by atoms with Crippen LogP contribution in [0.3, 0.4) is 0 Å². The van der Waals surface area contributed by atoms with Crippen LogP contribution in [0, 0.1) is 19.8 Å². The van der Waals surface area contributed by atoms with E-state index in [-0.39, 0.29) is 0 Å². The maximum Gasteiger partial charge on any atom is 0.225 e. The van der Waals surface area contributed by atoms with E-state index in [9.17, 15) is 0 Å². The Bertz CT molecular complexity index is 949. The molecule has 3 heterocycles. The fourth-order valence-corrected chi connectivity index (χ4v) is 4.14. The molecule has 1 aliphatic heterocycles. The summed E-state index contributed by atoms with van der Waals surface area (Å²) in [5.41, 5.74) is 5.49. The zero-order chi connectivity index (χ0) is 19.7. The minimum absolute atomic E-state index is 0.610. The molecule has 6 heteroatoms. The second-order valence-electron chi connectivity index (χ2n) is 7.73. The molecule has 4 rings (SSSR count). The van der Waals surface area contributed by atoms with Crippen molar-refractivity contribution in [3.8, 4) is 11.3 Å². The number of aryl methyl sites for hydroxylation is 2. The van der Waals surface area contributed by atoms with Crippen LogP contribution in [0.4, 0.5) is 11.6 Å². The van der Waals surface area contributed by atoms with Gasteiger partial charge >= 0.3 is 0 Å². The highest BCUT2D eigenvalue weighted by Crippen LogP contribution is 2.27. The minimum atomic E-state index is 0.610. The van der Waals surface area contributed by atoms with Crippen molar-refractivity contribution in [2.75, 3.05) is 36.5 Å². The minimum Gasteiger partial charge on any atom is -0.371 e. The Labute approximate surface area is 166 Å². The Hall–Kier alpha value is -2.89. The molecule has 0 amide bonds. The van der Waals surface area contributed by atoms with Crippen LogP contribution in [0.15, 0.2) is 42.6 Å². The van der Waals surface area contributed by atoms with Gasteiger partial charge in [-0.3, -0.25) is 4.68 Å². The first kappa shape index (κ1) is 18.5. The van der Waals surface area contributed by atoms with Gasteiger partial charge in [0.2, 0.25) is 5.95 Å². The highest BCUT2D eigenvalue weighted by Gasteiger charge is 2.24. The van der Waals surface area contributed by atoms with Crippen LogP contribution in [-0.4, -0.2) is 46.4 Å². The largest absolute Gasteiger partial charge is 0.371 e. The van der Waals surface area contributed by atoms with Crippen molar-refractivity contribution in [2.24, 2.45) is 13.0 Å². The van der Waals surface area contributed by atoms with Gasteiger partial charge < -0.3 is 9.80 Å². The predicted octanol–water partition coefficient (Wildman–Crippen LogP) is 3.46. The summed E-state index contributed by atoms with van der Waals surface area (Å²) in [5.74, 6) is 1.39. The molecule has 0 spiro atoms. The van der Waals surface area contributed by atoms with Crippen molar-refractivity contribution in [1.82, 2.24) is 19.7 Å². The smallest absolute Gasteiger partial charge is 0.225 e. The molecule has 146 valence electrons. The number of benzene rings is 1. The van der Waals surface area contributed by atoms with Gasteiger partial charge in [0.05, 0.1) is 11.4 Å². The Balaban J connectivity index is 1.47. The molecule has 28 heavy (non-hydrogen) atoms. The summed E-state index contributed by atoms with van der Waals surface area (Å²) in [6, 6.07) is 12.6. The Morgan fingerprint density at radius 3 is 2.64 bits per heavy atom. The molecule has 2 aromatic heterocycles. The fourth-order valence-electron chi connectivity index (χ4n) is 4.14. The van der Waals surface area contributed by atoms with Crippen LogP contribution in [0.5, 0.6) is 0 Å². The summed E-state index contributed by atoms with van der Waals surface area (Å²) < 4.78 is 1.91. The van der Waals surface area contributed by atoms with Gasteiger partial charge in [0, 0.05) is 56.9 Å². The normalized spacial score (nSPS) is 16.6. The van der Waals surface area contributed by atoms with Crippen molar-refractivity contribution >= 4 is 11.6 Å². The Morgan fingerprint density at radius 2 is 1.93 bits per heavy atom. The van der Waals surface area contributed by atoms with Crippen LogP contribution in [0.1, 0.15) is 17.8 Å². The third-order valence-electron chi connectivity index (χ3n) is 5.69. The summed E-state index contributed by atoms with van der Waals surface area (Å²) in [4.78, 5) is 14.0. The quantitative estimate of drug-likeness (QED) is 0.683. The van der Waals surface area contributed by atoms with Gasteiger partial charge in [-0.2, -0.15) is 5.10 Å². The van der Waals surface area contributed by atoms with Crippen LogP contribution in [0.2, 0.25) is 0 Å². The summed E-state index contributed by atoms with van der Waals surface area (Å²) in [6.45, 7) is 7.26. The molecular formula is C22H28N6. The van der Waals surface area contributed by atoms with Crippen molar-refractivity contribution in [3.05, 3.63) is 54.0 Å². The molecular weight excluding hydrogens is 348 g/mol. The molecule has 1 aliphatic rings. The summed E-state index contributed by atoms with van der Waals surface area (Å²) in [6.07, 6.45) is 3.05. The zero-order valence-corrected chi connectivity index (χ0v) is 17.1. The number of aromatic nitrogens is 4. The van der Waals surface area contributed by atoms with E-state index in [4.69, 9.17) is 4.98 Å². The number of nitrogens with zero attached hydrogens (tertiary/aromatic N) is 6. The SMILES string of the molecule is Cc1nn(C)c(C)c1-c1ccnc(N(C)CC2CCN(c3ccccc3)C2)n1. The first-order chi connectivity index (χ1) is 13.5. The second kappa shape index (κ2) is 7.62. The van der Waals surface area contributed by atoms with E-state index in [1.165, 1.54) is 12.1 Å². The van der Waals surface area contributed by atoms with E-state index < -0.39 is 0 Å². The molecule has 0 saturated carbocycles. The van der Waals surface area contributed by atoms with Crippen molar-refractivity contribution in [1.29, 1.82) is 0 Å². The standard InChI is InChI=1S/C22H28N6/c1-16-21(17(2)27(4)25-16)20-10-12-23-22(24-20)26(3)14-18-11-13-28(15-18)19-8-6-5-7-9-19/h5-10,12,18H,11,13-15H2,1-4H3. The number of hydrogen-bond acceptors (Lipinski definition) is 5. The first-order valence-electron chi connectivity index (χ1n) is 9.87. The zero-order valence-electron chi connectivity index (χ0n) is 17.1. The lowest BCUT2D eigenvalue weighted by molar-refractivity contribution is 0.578. The van der Waals surface area contributed by atoms with Gasteiger partial charge in [0.1, 0.15) is 0 Å². The van der Waals surface area contributed by atoms with Crippen molar-refractivity contribution < 1.29 is 0 Å². The molecule has 1 fully saturated rings. The lowest BCUT2D eigenvalue weighted by Crippen LogP contribution is -2.29. The van der Waals surface area contributed by atoms with Crippen LogP contribution in [-0.2, 0) is 7.05 Å². The molecule has 0 N–H and O–H groups in total. The van der Waals surface area contributed by atoms with Crippen molar-refractivity contribution in [3.63, 3.8) is 0 Å². The average molecular weight is 377 g/mol. The maximum atomic E-state index is 4.85. The van der Waals surface area contributed by atoms with Gasteiger partial charge in [-0.15, -0.1) is 0 Å². The van der Waals surface area contributed by atoms with Gasteiger partial charge in [-0.05, 0) is 44.4 Å². The highest BCUT2D eigenvalue weighted by atomic mass is 15.3. The third-order valence-corrected chi connectivity index (χ3v) is 5.69. The number of rotatable bonds is 5. The molecule has 1 saturated heterocycles. The molecule has 0 aliphatic carbocycles. The van der Waals surface area contributed by atoms with E-state index in [0.29, 0.717) is 5.92 Å². The van der Waals surface area contributed by atoms with Crippen LogP contribution in [0.25, 0.3) is 11.3 Å². The maximum absolute atomic E-state index is 4.85. The molecule has 1 unspecified atom stereocenters. The molecule has 1 atom stereocenters. The van der Waals surface area contributed by atoms with Crippen molar-refractivity contribution in [2.45, 2.75) is 20.3 Å². The lowest BCUT2D eigenvalue weighted by Gasteiger charge is -2.23. The molecule has 0 radical (unpaired) electrons. The number of anilines is 2. The molecule has 6 nitrogen and oxygen atoms in total. The molecule has 3 aromatic rings. The highest BCUT2D eigenvalue weighted by molar-refractivity contribution is 5.65. The Kier molecular flexibility index (Phi) is 5.03. The van der Waals surface area contributed by atoms with Crippen LogP contribution >= 0.6 is 0 Å². The first-order valence-corrected chi connectivity index (χ1v) is 9.87. The summed E-state index contributed by atoms with van der Waals surface area (Å²) >= 11 is 0. The fraction of sp³-hybridized carbons (Fsp3) is 0.409. The van der Waals surface area contributed by atoms with E-state index >= 15 is 0 Å². The number of para-hydroxylation sites is 1. The van der Waals surface area contributed by atoms with E-state index in [1.807, 2.05) is 30.9 Å². The summed E-state index contributed by atoms with van der Waals surface area (Å²) in [7, 11) is 4.06. The topological polar surface area (TPSA) is 50.1 Å². The third kappa shape index (κ3) is 3.59. The van der Waals surface area contributed by atoms with Gasteiger partial charge in [0.15, 0.2) is 0 Å². The second-order valence-corrected chi connectivity index (χ2v) is 7.73. The Morgan fingerprint density at radius 1 is 1.14 bits per heavy atom. The van der Waals surface area contributed by atoms with E-state index in [1.54, 1.807) is 0 Å². The van der Waals surface area contributed by atoms with Gasteiger partial charge in [0.25, 0.3) is 0 Å². The van der Waals surface area contributed by atoms with E-state index in [2.05, 4.69) is 64.2 Å². The number of hydrogen-bond donors (Lipinski definition) is 0. The molecule has 0 bridgehead atoms. The molecule has 1 aromatic carbocycles. The lowest BCUT2D eigenvalue weighted by atomic mass is 10.1. The average Bonchev–Trinajstić information content (AvgIpc) is 3.27. The summed E-state index contributed by atoms with van der Waals surface area (Å²) in [5, 5.41) is 4.52.